The van der Waals surface area contributed by atoms with Gasteiger partial charge in [-0.15, -0.1) is 0 Å². The molecule has 0 aliphatic carbocycles. The van der Waals surface area contributed by atoms with E-state index < -0.39 is 6.04 Å². The van der Waals surface area contributed by atoms with Crippen molar-refractivity contribution in [3.05, 3.63) is 108 Å². The van der Waals surface area contributed by atoms with E-state index in [1.54, 1.807) is 37.4 Å². The minimum absolute atomic E-state index is 0.146. The van der Waals surface area contributed by atoms with E-state index in [2.05, 4.69) is 5.32 Å². The SMILES string of the molecule is COc1ccc(C(=O)N[C@@H](c2ccccc2)c2c(O)ccc3ccccc23)cc1. The lowest BCUT2D eigenvalue weighted by molar-refractivity contribution is 0.0943. The number of methoxy groups -OCH3 is 1. The van der Waals surface area contributed by atoms with Crippen LogP contribution in [0.3, 0.4) is 0 Å². The van der Waals surface area contributed by atoms with Gasteiger partial charge < -0.3 is 15.2 Å². The molecule has 0 heterocycles. The molecule has 0 spiro atoms. The second-order valence-corrected chi connectivity index (χ2v) is 6.77. The third kappa shape index (κ3) is 3.78. The van der Waals surface area contributed by atoms with Crippen LogP contribution in [-0.2, 0) is 0 Å². The predicted molar refractivity (Wildman–Crippen MR) is 114 cm³/mol. The Morgan fingerprint density at radius 1 is 0.862 bits per heavy atom. The van der Waals surface area contributed by atoms with Crippen molar-refractivity contribution in [3.63, 3.8) is 0 Å². The minimum atomic E-state index is -0.503. The molecule has 0 aliphatic heterocycles. The molecule has 144 valence electrons. The fourth-order valence-corrected chi connectivity index (χ4v) is 3.51. The fraction of sp³-hybridized carbons (Fsp3) is 0.0800. The Labute approximate surface area is 169 Å². The molecule has 0 radical (unpaired) electrons. The highest BCUT2D eigenvalue weighted by molar-refractivity contribution is 5.96. The van der Waals surface area contributed by atoms with Crippen LogP contribution < -0.4 is 10.1 Å². The summed E-state index contributed by atoms with van der Waals surface area (Å²) in [6, 6.07) is 27.5. The van der Waals surface area contributed by atoms with Crippen molar-refractivity contribution in [2.24, 2.45) is 0 Å². The molecule has 4 heteroatoms. The number of rotatable bonds is 5. The van der Waals surface area contributed by atoms with Crippen LogP contribution in [0.25, 0.3) is 10.8 Å². The molecule has 1 amide bonds. The van der Waals surface area contributed by atoms with Crippen LogP contribution in [0.5, 0.6) is 11.5 Å². The van der Waals surface area contributed by atoms with Gasteiger partial charge in [0.05, 0.1) is 13.2 Å². The summed E-state index contributed by atoms with van der Waals surface area (Å²) >= 11 is 0. The van der Waals surface area contributed by atoms with Crippen LogP contribution in [0, 0.1) is 0 Å². The molecule has 0 saturated carbocycles. The van der Waals surface area contributed by atoms with Gasteiger partial charge in [-0.25, -0.2) is 0 Å². The Kier molecular flexibility index (Phi) is 5.16. The van der Waals surface area contributed by atoms with Gasteiger partial charge in [-0.3, -0.25) is 4.79 Å². The molecule has 4 nitrogen and oxygen atoms in total. The lowest BCUT2D eigenvalue weighted by atomic mass is 9.92. The van der Waals surface area contributed by atoms with E-state index in [-0.39, 0.29) is 11.7 Å². The maximum atomic E-state index is 13.0. The Bertz CT molecular complexity index is 1140. The highest BCUT2D eigenvalue weighted by Gasteiger charge is 2.23. The van der Waals surface area contributed by atoms with Crippen LogP contribution >= 0.6 is 0 Å². The predicted octanol–water partition coefficient (Wildman–Crippen LogP) is 5.07. The summed E-state index contributed by atoms with van der Waals surface area (Å²) in [5.74, 6) is 0.606. The number of amides is 1. The molecule has 0 bridgehead atoms. The van der Waals surface area contributed by atoms with Crippen molar-refractivity contribution >= 4 is 16.7 Å². The minimum Gasteiger partial charge on any atom is -0.508 e. The Morgan fingerprint density at radius 3 is 2.28 bits per heavy atom. The summed E-state index contributed by atoms with van der Waals surface area (Å²) in [6.45, 7) is 0. The maximum absolute atomic E-state index is 13.0. The highest BCUT2D eigenvalue weighted by atomic mass is 16.5. The summed E-state index contributed by atoms with van der Waals surface area (Å²) in [5, 5.41) is 15.7. The van der Waals surface area contributed by atoms with Crippen molar-refractivity contribution in [1.29, 1.82) is 0 Å². The maximum Gasteiger partial charge on any atom is 0.252 e. The van der Waals surface area contributed by atoms with E-state index >= 15 is 0 Å². The monoisotopic (exact) mass is 383 g/mol. The zero-order valence-electron chi connectivity index (χ0n) is 16.0. The third-order valence-corrected chi connectivity index (χ3v) is 5.00. The van der Waals surface area contributed by atoms with Crippen LogP contribution in [0.4, 0.5) is 0 Å². The summed E-state index contributed by atoms with van der Waals surface area (Å²) < 4.78 is 5.17. The van der Waals surface area contributed by atoms with Gasteiger partial charge in [-0.05, 0) is 46.7 Å². The molecule has 4 rings (SSSR count). The lowest BCUT2D eigenvalue weighted by Crippen LogP contribution is -2.29. The number of carbonyl (C=O) groups excluding carboxylic acids is 1. The number of fused-ring (bicyclic) bond motifs is 1. The second-order valence-electron chi connectivity index (χ2n) is 6.77. The number of nitrogens with one attached hydrogen (secondary N) is 1. The normalized spacial score (nSPS) is 11.8. The van der Waals surface area contributed by atoms with E-state index in [1.165, 1.54) is 0 Å². The Morgan fingerprint density at radius 2 is 1.55 bits per heavy atom. The van der Waals surface area contributed by atoms with E-state index in [9.17, 15) is 9.90 Å². The van der Waals surface area contributed by atoms with Gasteiger partial charge in [0.25, 0.3) is 5.91 Å². The van der Waals surface area contributed by atoms with Gasteiger partial charge in [0.1, 0.15) is 11.5 Å². The molecular weight excluding hydrogens is 362 g/mol. The quantitative estimate of drug-likeness (QED) is 0.506. The topological polar surface area (TPSA) is 58.6 Å². The molecule has 4 aromatic carbocycles. The van der Waals surface area contributed by atoms with Crippen molar-refractivity contribution in [3.8, 4) is 11.5 Å². The van der Waals surface area contributed by atoms with E-state index in [0.29, 0.717) is 16.9 Å². The first-order valence-corrected chi connectivity index (χ1v) is 9.38. The first kappa shape index (κ1) is 18.6. The molecule has 0 saturated heterocycles. The second kappa shape index (κ2) is 8.07. The number of aromatic hydroxyl groups is 1. The van der Waals surface area contributed by atoms with Crippen LogP contribution in [0.15, 0.2) is 91.0 Å². The van der Waals surface area contributed by atoms with Crippen molar-refractivity contribution in [2.75, 3.05) is 7.11 Å². The summed E-state index contributed by atoms with van der Waals surface area (Å²) in [4.78, 5) is 13.0. The van der Waals surface area contributed by atoms with Gasteiger partial charge in [-0.2, -0.15) is 0 Å². The summed E-state index contributed by atoms with van der Waals surface area (Å²) in [5.41, 5.74) is 2.09. The molecular formula is C25H21NO3. The number of hydrogen-bond acceptors (Lipinski definition) is 3. The molecule has 4 aromatic rings. The number of phenolic OH excluding ortho intramolecular Hbond substituents is 1. The van der Waals surface area contributed by atoms with Gasteiger partial charge in [-0.1, -0.05) is 60.7 Å². The molecule has 2 N–H and O–H groups in total. The average Bonchev–Trinajstić information content (AvgIpc) is 2.78. The summed E-state index contributed by atoms with van der Waals surface area (Å²) in [6.07, 6.45) is 0. The number of benzene rings is 4. The smallest absolute Gasteiger partial charge is 0.252 e. The summed E-state index contributed by atoms with van der Waals surface area (Å²) in [7, 11) is 1.59. The van der Waals surface area contributed by atoms with Crippen molar-refractivity contribution < 1.29 is 14.6 Å². The van der Waals surface area contributed by atoms with E-state index in [0.717, 1.165) is 16.3 Å². The molecule has 0 aliphatic rings. The van der Waals surface area contributed by atoms with Gasteiger partial charge in [0.2, 0.25) is 0 Å². The number of carbonyl (C=O) groups is 1. The molecule has 0 aromatic heterocycles. The number of hydrogen-bond donors (Lipinski definition) is 2. The number of ether oxygens (including phenoxy) is 1. The molecule has 0 fully saturated rings. The molecule has 29 heavy (non-hydrogen) atoms. The van der Waals surface area contributed by atoms with Gasteiger partial charge in [0, 0.05) is 11.1 Å². The van der Waals surface area contributed by atoms with Gasteiger partial charge >= 0.3 is 0 Å². The van der Waals surface area contributed by atoms with Gasteiger partial charge in [0.15, 0.2) is 0 Å². The number of phenols is 1. The van der Waals surface area contributed by atoms with Crippen molar-refractivity contribution in [2.45, 2.75) is 6.04 Å². The highest BCUT2D eigenvalue weighted by Crippen LogP contribution is 2.36. The molecule has 0 unspecified atom stereocenters. The van der Waals surface area contributed by atoms with E-state index in [1.807, 2.05) is 60.7 Å². The van der Waals surface area contributed by atoms with E-state index in [4.69, 9.17) is 4.74 Å². The third-order valence-electron chi connectivity index (χ3n) is 5.00. The first-order valence-electron chi connectivity index (χ1n) is 9.38. The van der Waals surface area contributed by atoms with Crippen molar-refractivity contribution in [1.82, 2.24) is 5.32 Å². The standard InChI is InChI=1S/C25H21NO3/c1-29-20-14-11-19(12-15-20)25(28)26-24(18-8-3-2-4-9-18)23-21-10-6-5-7-17(21)13-16-22(23)27/h2-16,24,27H,1H3,(H,26,28)/t24-/m0/s1. The fourth-order valence-electron chi connectivity index (χ4n) is 3.51. The zero-order chi connectivity index (χ0) is 20.2. The zero-order valence-corrected chi connectivity index (χ0v) is 16.0. The Hall–Kier alpha value is -3.79. The van der Waals surface area contributed by atoms with Crippen LogP contribution in [0.2, 0.25) is 0 Å². The van der Waals surface area contributed by atoms with Crippen LogP contribution in [-0.4, -0.2) is 18.1 Å². The average molecular weight is 383 g/mol. The Balaban J connectivity index is 1.79. The first-order chi connectivity index (χ1) is 14.2. The lowest BCUT2D eigenvalue weighted by Gasteiger charge is -2.23. The largest absolute Gasteiger partial charge is 0.508 e. The molecule has 1 atom stereocenters. The van der Waals surface area contributed by atoms with Crippen LogP contribution in [0.1, 0.15) is 27.5 Å².